The lowest BCUT2D eigenvalue weighted by atomic mass is 10.2. The van der Waals surface area contributed by atoms with Crippen molar-refractivity contribution in [2.75, 3.05) is 5.73 Å². The maximum absolute atomic E-state index is 12.3. The third-order valence-corrected chi connectivity index (χ3v) is 3.72. The van der Waals surface area contributed by atoms with Gasteiger partial charge in [0, 0.05) is 17.8 Å². The van der Waals surface area contributed by atoms with Gasteiger partial charge in [-0.05, 0) is 30.3 Å². The molecule has 0 spiro atoms. The summed E-state index contributed by atoms with van der Waals surface area (Å²) >= 11 is 0. The molecule has 25 heavy (non-hydrogen) atoms. The molecule has 0 bridgehead atoms. The monoisotopic (exact) mass is 331 g/mol. The van der Waals surface area contributed by atoms with E-state index in [1.54, 1.807) is 30.6 Å². The van der Waals surface area contributed by atoms with Crippen molar-refractivity contribution in [3.8, 4) is 0 Å². The number of benzene rings is 2. The molecule has 2 heterocycles. The van der Waals surface area contributed by atoms with Crippen LogP contribution in [0.2, 0.25) is 0 Å². The lowest BCUT2D eigenvalue weighted by Crippen LogP contribution is -2.09. The topological polar surface area (TPSA) is 104 Å². The van der Waals surface area contributed by atoms with E-state index in [0.29, 0.717) is 33.8 Å². The summed E-state index contributed by atoms with van der Waals surface area (Å²) in [6, 6.07) is 12.4. The van der Waals surface area contributed by atoms with Crippen molar-refractivity contribution in [2.24, 2.45) is 0 Å². The minimum atomic E-state index is -0.483. The van der Waals surface area contributed by atoms with Crippen LogP contribution in [0, 0.1) is 0 Å². The second kappa shape index (κ2) is 6.12. The van der Waals surface area contributed by atoms with Crippen LogP contribution in [0.3, 0.4) is 0 Å². The van der Waals surface area contributed by atoms with Crippen LogP contribution in [0.4, 0.5) is 5.82 Å². The molecule has 0 atom stereocenters. The highest BCUT2D eigenvalue weighted by atomic mass is 16.5. The highest BCUT2D eigenvalue weighted by molar-refractivity contribution is 5.93. The zero-order valence-corrected chi connectivity index (χ0v) is 13.1. The standard InChI is InChI=1S/C18H13N5O2/c19-17-12-3-1-2-4-13(12)22-16(23-17)10-25-18(24)11-5-6-14-15(9-11)21-8-7-20-14/h1-9H,10H2,(H2,19,22,23). The van der Waals surface area contributed by atoms with Gasteiger partial charge in [0.2, 0.25) is 0 Å². The minimum absolute atomic E-state index is 0.0631. The van der Waals surface area contributed by atoms with Crippen molar-refractivity contribution < 1.29 is 9.53 Å². The molecule has 7 heteroatoms. The van der Waals surface area contributed by atoms with Crippen molar-refractivity contribution in [3.05, 3.63) is 66.2 Å². The van der Waals surface area contributed by atoms with Gasteiger partial charge in [0.15, 0.2) is 12.4 Å². The summed E-state index contributed by atoms with van der Waals surface area (Å²) in [6.07, 6.45) is 3.17. The van der Waals surface area contributed by atoms with E-state index >= 15 is 0 Å². The fraction of sp³-hybridized carbons (Fsp3) is 0.0556. The third kappa shape index (κ3) is 2.94. The molecule has 122 valence electrons. The maximum Gasteiger partial charge on any atom is 0.338 e. The molecule has 0 unspecified atom stereocenters. The van der Waals surface area contributed by atoms with Gasteiger partial charge in [0.1, 0.15) is 5.82 Å². The second-order valence-corrected chi connectivity index (χ2v) is 5.38. The van der Waals surface area contributed by atoms with E-state index in [4.69, 9.17) is 10.5 Å². The molecule has 0 fully saturated rings. The Labute approximate surface area is 142 Å². The molecule has 0 aliphatic rings. The van der Waals surface area contributed by atoms with Gasteiger partial charge in [-0.3, -0.25) is 9.97 Å². The number of esters is 1. The van der Waals surface area contributed by atoms with E-state index < -0.39 is 5.97 Å². The fourth-order valence-corrected chi connectivity index (χ4v) is 2.52. The van der Waals surface area contributed by atoms with E-state index in [1.165, 1.54) is 0 Å². The zero-order valence-electron chi connectivity index (χ0n) is 13.1. The smallest absolute Gasteiger partial charge is 0.338 e. The number of nitrogens with zero attached hydrogens (tertiary/aromatic N) is 4. The number of anilines is 1. The Morgan fingerprint density at radius 1 is 0.960 bits per heavy atom. The largest absolute Gasteiger partial charge is 0.454 e. The molecular formula is C18H13N5O2. The van der Waals surface area contributed by atoms with Crippen LogP contribution in [-0.4, -0.2) is 25.9 Å². The highest BCUT2D eigenvalue weighted by Crippen LogP contribution is 2.18. The van der Waals surface area contributed by atoms with Gasteiger partial charge < -0.3 is 10.5 Å². The molecule has 0 aliphatic carbocycles. The van der Waals surface area contributed by atoms with E-state index in [2.05, 4.69) is 19.9 Å². The molecule has 2 N–H and O–H groups in total. The first-order chi connectivity index (χ1) is 12.2. The minimum Gasteiger partial charge on any atom is -0.454 e. The Kier molecular flexibility index (Phi) is 3.66. The summed E-state index contributed by atoms with van der Waals surface area (Å²) < 4.78 is 5.30. The van der Waals surface area contributed by atoms with Crippen LogP contribution < -0.4 is 5.73 Å². The molecule has 2 aromatic heterocycles. The Bertz CT molecular complexity index is 1100. The fourth-order valence-electron chi connectivity index (χ4n) is 2.52. The molecular weight excluding hydrogens is 318 g/mol. The van der Waals surface area contributed by atoms with Gasteiger partial charge in [0.05, 0.1) is 22.1 Å². The van der Waals surface area contributed by atoms with Crippen LogP contribution in [0.15, 0.2) is 54.9 Å². The van der Waals surface area contributed by atoms with Gasteiger partial charge in [-0.2, -0.15) is 0 Å². The lowest BCUT2D eigenvalue weighted by molar-refractivity contribution is 0.0463. The number of fused-ring (bicyclic) bond motifs is 2. The van der Waals surface area contributed by atoms with E-state index in [9.17, 15) is 4.79 Å². The van der Waals surface area contributed by atoms with E-state index in [1.807, 2.05) is 24.3 Å². The SMILES string of the molecule is Nc1nc(COC(=O)c2ccc3nccnc3c2)nc2ccccc12. The number of aromatic nitrogens is 4. The summed E-state index contributed by atoms with van der Waals surface area (Å²) in [7, 11) is 0. The first-order valence-corrected chi connectivity index (χ1v) is 7.60. The maximum atomic E-state index is 12.3. The third-order valence-electron chi connectivity index (χ3n) is 3.72. The quantitative estimate of drug-likeness (QED) is 0.575. The number of rotatable bonds is 3. The molecule has 0 saturated carbocycles. The molecule has 0 saturated heterocycles. The van der Waals surface area contributed by atoms with Crippen LogP contribution in [0.25, 0.3) is 21.9 Å². The average molecular weight is 331 g/mol. The number of ether oxygens (including phenoxy) is 1. The number of hydrogen-bond donors (Lipinski definition) is 1. The van der Waals surface area contributed by atoms with Crippen LogP contribution >= 0.6 is 0 Å². The van der Waals surface area contributed by atoms with Gasteiger partial charge in [-0.25, -0.2) is 14.8 Å². The van der Waals surface area contributed by atoms with Gasteiger partial charge >= 0.3 is 5.97 Å². The first kappa shape index (κ1) is 14.9. The Morgan fingerprint density at radius 3 is 2.64 bits per heavy atom. The van der Waals surface area contributed by atoms with Crippen molar-refractivity contribution in [1.82, 2.24) is 19.9 Å². The molecule has 0 radical (unpaired) electrons. The summed E-state index contributed by atoms with van der Waals surface area (Å²) in [5.74, 6) is 0.227. The number of nitrogens with two attached hydrogens (primary N) is 1. The number of nitrogen functional groups attached to an aromatic ring is 1. The van der Waals surface area contributed by atoms with Gasteiger partial charge in [-0.15, -0.1) is 0 Å². The number of carbonyl (C=O) groups excluding carboxylic acids is 1. The number of carbonyl (C=O) groups is 1. The molecule has 7 nitrogen and oxygen atoms in total. The highest BCUT2D eigenvalue weighted by Gasteiger charge is 2.11. The van der Waals surface area contributed by atoms with Crippen molar-refractivity contribution in [1.29, 1.82) is 0 Å². The summed E-state index contributed by atoms with van der Waals surface area (Å²) in [5.41, 5.74) is 8.37. The Morgan fingerprint density at radius 2 is 1.76 bits per heavy atom. The normalized spacial score (nSPS) is 10.9. The zero-order chi connectivity index (χ0) is 17.2. The lowest BCUT2D eigenvalue weighted by Gasteiger charge is -2.07. The van der Waals surface area contributed by atoms with Gasteiger partial charge in [-0.1, -0.05) is 12.1 Å². The van der Waals surface area contributed by atoms with Crippen LogP contribution in [0.1, 0.15) is 16.2 Å². The molecule has 0 aliphatic heterocycles. The van der Waals surface area contributed by atoms with E-state index in [-0.39, 0.29) is 6.61 Å². The predicted molar refractivity (Wildman–Crippen MR) is 92.6 cm³/mol. The van der Waals surface area contributed by atoms with Crippen molar-refractivity contribution >= 4 is 33.7 Å². The molecule has 2 aromatic carbocycles. The Balaban J connectivity index is 1.54. The number of para-hydroxylation sites is 1. The predicted octanol–water partition coefficient (Wildman–Crippen LogP) is 2.51. The second-order valence-electron chi connectivity index (χ2n) is 5.38. The first-order valence-electron chi connectivity index (χ1n) is 7.60. The summed E-state index contributed by atoms with van der Waals surface area (Å²) in [5, 5.41) is 0.769. The summed E-state index contributed by atoms with van der Waals surface area (Å²) in [6.45, 7) is -0.0631. The Hall–Kier alpha value is -3.61. The molecule has 0 amide bonds. The molecule has 4 rings (SSSR count). The average Bonchev–Trinajstić information content (AvgIpc) is 2.66. The van der Waals surface area contributed by atoms with Crippen molar-refractivity contribution in [2.45, 2.75) is 6.61 Å². The van der Waals surface area contributed by atoms with Crippen LogP contribution in [0.5, 0.6) is 0 Å². The van der Waals surface area contributed by atoms with Gasteiger partial charge in [0.25, 0.3) is 0 Å². The van der Waals surface area contributed by atoms with E-state index in [0.717, 1.165) is 5.39 Å². The number of hydrogen-bond acceptors (Lipinski definition) is 7. The van der Waals surface area contributed by atoms with Crippen LogP contribution in [-0.2, 0) is 11.3 Å². The molecule has 4 aromatic rings. The van der Waals surface area contributed by atoms with Crippen molar-refractivity contribution in [3.63, 3.8) is 0 Å². The summed E-state index contributed by atoms with van der Waals surface area (Å²) in [4.78, 5) is 29.1.